The van der Waals surface area contributed by atoms with E-state index in [0.717, 1.165) is 5.69 Å². The minimum atomic E-state index is 0.0646. The van der Waals surface area contributed by atoms with Crippen LogP contribution < -0.4 is 0 Å². The third kappa shape index (κ3) is 3.94. The van der Waals surface area contributed by atoms with Crippen molar-refractivity contribution < 1.29 is 0 Å². The Morgan fingerprint density at radius 1 is 0.571 bits per heavy atom. The van der Waals surface area contributed by atoms with E-state index in [2.05, 4.69) is 124 Å². The van der Waals surface area contributed by atoms with Crippen LogP contribution in [0.1, 0.15) is 26.3 Å². The Kier molecular flexibility index (Phi) is 5.27. The minimum absolute atomic E-state index is 0.0646. The highest BCUT2D eigenvalue weighted by molar-refractivity contribution is 7.26. The van der Waals surface area contributed by atoms with Crippen molar-refractivity contribution in [2.75, 3.05) is 0 Å². The van der Waals surface area contributed by atoms with Crippen molar-refractivity contribution in [3.8, 4) is 33.5 Å². The predicted octanol–water partition coefficient (Wildman–Crippen LogP) is 9.75. The molecule has 0 aliphatic carbocycles. The van der Waals surface area contributed by atoms with Gasteiger partial charge in [0, 0.05) is 31.9 Å². The lowest BCUT2D eigenvalue weighted by atomic mass is 9.84. The molecule has 0 unspecified atom stereocenters. The summed E-state index contributed by atoms with van der Waals surface area (Å²) in [6.07, 6.45) is 1.93. The first-order valence-corrected chi connectivity index (χ1v) is 12.9. The third-order valence-electron chi connectivity index (χ3n) is 6.69. The van der Waals surface area contributed by atoms with Crippen molar-refractivity contribution >= 4 is 31.5 Å². The van der Waals surface area contributed by atoms with Crippen molar-refractivity contribution in [3.05, 3.63) is 115 Å². The van der Waals surface area contributed by atoms with Crippen molar-refractivity contribution in [3.63, 3.8) is 0 Å². The van der Waals surface area contributed by atoms with Crippen LogP contribution in [0.3, 0.4) is 0 Å². The number of thiophene rings is 1. The Balaban J connectivity index is 1.62. The summed E-state index contributed by atoms with van der Waals surface area (Å²) in [5, 5.41) is 2.63. The molecule has 6 aromatic rings. The van der Waals surface area contributed by atoms with Crippen LogP contribution in [0, 0.1) is 0 Å². The van der Waals surface area contributed by atoms with Crippen LogP contribution in [0.15, 0.2) is 109 Å². The highest BCUT2D eigenvalue weighted by Gasteiger charge is 2.20. The van der Waals surface area contributed by atoms with Crippen LogP contribution in [-0.4, -0.2) is 4.98 Å². The van der Waals surface area contributed by atoms with E-state index >= 15 is 0 Å². The zero-order valence-corrected chi connectivity index (χ0v) is 21.1. The van der Waals surface area contributed by atoms with Gasteiger partial charge in [0.05, 0.1) is 5.69 Å². The minimum Gasteiger partial charge on any atom is -0.256 e. The first kappa shape index (κ1) is 21.8. The largest absolute Gasteiger partial charge is 0.256 e. The van der Waals surface area contributed by atoms with Gasteiger partial charge in [-0.3, -0.25) is 4.98 Å². The molecule has 0 bridgehead atoms. The Labute approximate surface area is 210 Å². The number of aromatic nitrogens is 1. The number of hydrogen-bond acceptors (Lipinski definition) is 2. The van der Waals surface area contributed by atoms with E-state index < -0.39 is 0 Å². The summed E-state index contributed by atoms with van der Waals surface area (Å²) in [6, 6.07) is 37.1. The Morgan fingerprint density at radius 2 is 1.26 bits per heavy atom. The first-order valence-electron chi connectivity index (χ1n) is 12.1. The molecule has 1 nitrogen and oxygen atoms in total. The van der Waals surface area contributed by atoms with Gasteiger partial charge in [-0.15, -0.1) is 11.3 Å². The van der Waals surface area contributed by atoms with Crippen molar-refractivity contribution in [1.29, 1.82) is 0 Å². The van der Waals surface area contributed by atoms with E-state index in [1.54, 1.807) is 0 Å². The van der Waals surface area contributed by atoms with Gasteiger partial charge in [-0.2, -0.15) is 0 Å². The lowest BCUT2D eigenvalue weighted by Crippen LogP contribution is -2.10. The molecular formula is C33H27NS. The topological polar surface area (TPSA) is 12.9 Å². The molecule has 0 radical (unpaired) electrons. The lowest BCUT2D eigenvalue weighted by Gasteiger charge is -2.21. The second-order valence-electron chi connectivity index (χ2n) is 10.1. The molecule has 0 aliphatic rings. The number of nitrogens with zero attached hydrogens (tertiary/aromatic N) is 1. The molecule has 2 aromatic heterocycles. The van der Waals surface area contributed by atoms with Crippen LogP contribution in [0.25, 0.3) is 53.7 Å². The highest BCUT2D eigenvalue weighted by Crippen LogP contribution is 2.45. The van der Waals surface area contributed by atoms with Crippen molar-refractivity contribution in [2.45, 2.75) is 26.2 Å². The maximum Gasteiger partial charge on any atom is 0.0722 e. The van der Waals surface area contributed by atoms with Gasteiger partial charge in [-0.1, -0.05) is 99.6 Å². The Hall–Kier alpha value is -3.75. The van der Waals surface area contributed by atoms with Crippen LogP contribution in [0.4, 0.5) is 0 Å². The molecule has 0 spiro atoms. The van der Waals surface area contributed by atoms with E-state index in [9.17, 15) is 0 Å². The molecule has 2 heterocycles. The Bertz CT molecular complexity index is 1650. The van der Waals surface area contributed by atoms with Gasteiger partial charge in [0.25, 0.3) is 0 Å². The lowest BCUT2D eigenvalue weighted by molar-refractivity contribution is 0.591. The fourth-order valence-corrected chi connectivity index (χ4v) is 6.10. The summed E-state index contributed by atoms with van der Waals surface area (Å²) in [5.74, 6) is 0. The molecule has 0 fully saturated rings. The molecule has 0 atom stereocenters. The number of rotatable bonds is 3. The third-order valence-corrected chi connectivity index (χ3v) is 7.98. The van der Waals surface area contributed by atoms with E-state index in [1.165, 1.54) is 53.6 Å². The number of benzene rings is 4. The molecule has 6 rings (SSSR count). The number of pyridine rings is 1. The van der Waals surface area contributed by atoms with Crippen molar-refractivity contribution in [1.82, 2.24) is 4.98 Å². The summed E-state index contributed by atoms with van der Waals surface area (Å²) in [6.45, 7) is 6.88. The van der Waals surface area contributed by atoms with E-state index in [4.69, 9.17) is 4.98 Å². The molecular weight excluding hydrogens is 442 g/mol. The molecule has 4 aromatic carbocycles. The monoisotopic (exact) mass is 469 g/mol. The van der Waals surface area contributed by atoms with Gasteiger partial charge >= 0.3 is 0 Å². The van der Waals surface area contributed by atoms with Crippen LogP contribution >= 0.6 is 11.3 Å². The van der Waals surface area contributed by atoms with Crippen molar-refractivity contribution in [2.24, 2.45) is 0 Å². The van der Waals surface area contributed by atoms with Gasteiger partial charge in [0.1, 0.15) is 0 Å². The van der Waals surface area contributed by atoms with Gasteiger partial charge in [-0.05, 0) is 57.5 Å². The molecule has 0 saturated heterocycles. The fraction of sp³-hybridized carbons (Fsp3) is 0.121. The quantitative estimate of drug-likeness (QED) is 0.251. The maximum atomic E-state index is 4.80. The smallest absolute Gasteiger partial charge is 0.0722 e. The molecule has 170 valence electrons. The second-order valence-corrected chi connectivity index (χ2v) is 11.1. The van der Waals surface area contributed by atoms with Crippen LogP contribution in [0.5, 0.6) is 0 Å². The number of fused-ring (bicyclic) bond motifs is 3. The summed E-state index contributed by atoms with van der Waals surface area (Å²) < 4.78 is 2.63. The normalized spacial score (nSPS) is 11.9. The van der Waals surface area contributed by atoms with E-state index in [0.29, 0.717) is 0 Å². The number of hydrogen-bond donors (Lipinski definition) is 0. The molecule has 0 amide bonds. The van der Waals surface area contributed by atoms with Gasteiger partial charge in [0.15, 0.2) is 0 Å². The van der Waals surface area contributed by atoms with Crippen LogP contribution in [-0.2, 0) is 5.41 Å². The zero-order chi connectivity index (χ0) is 24.0. The van der Waals surface area contributed by atoms with Crippen LogP contribution in [0.2, 0.25) is 0 Å². The van der Waals surface area contributed by atoms with Gasteiger partial charge < -0.3 is 0 Å². The molecule has 0 aliphatic heterocycles. The first-order chi connectivity index (χ1) is 17.0. The summed E-state index contributed by atoms with van der Waals surface area (Å²) in [5.41, 5.74) is 8.60. The Morgan fingerprint density at radius 3 is 1.97 bits per heavy atom. The molecule has 0 saturated carbocycles. The average molecular weight is 470 g/mol. The van der Waals surface area contributed by atoms with E-state index in [1.807, 2.05) is 17.5 Å². The maximum absolute atomic E-state index is 4.80. The second kappa shape index (κ2) is 8.48. The predicted molar refractivity (Wildman–Crippen MR) is 152 cm³/mol. The molecule has 0 N–H and O–H groups in total. The SMILES string of the molecule is CC(C)(C)c1cc(-c2ccccc2)c2sc3c(-c4cc(-c5ccccc5)ccn4)cccc3c2c1. The summed E-state index contributed by atoms with van der Waals surface area (Å²) >= 11 is 1.89. The fourth-order valence-electron chi connectivity index (χ4n) is 4.75. The van der Waals surface area contributed by atoms with Gasteiger partial charge in [0.2, 0.25) is 0 Å². The average Bonchev–Trinajstić information content (AvgIpc) is 3.28. The molecule has 35 heavy (non-hydrogen) atoms. The van der Waals surface area contributed by atoms with E-state index in [-0.39, 0.29) is 5.41 Å². The summed E-state index contributed by atoms with van der Waals surface area (Å²) in [7, 11) is 0. The summed E-state index contributed by atoms with van der Waals surface area (Å²) in [4.78, 5) is 4.80. The highest BCUT2D eigenvalue weighted by atomic mass is 32.1. The molecule has 2 heteroatoms. The van der Waals surface area contributed by atoms with Gasteiger partial charge in [-0.25, -0.2) is 0 Å². The standard InChI is InChI=1S/C33H27NS/c1-33(2,3)25-20-28(23-13-8-5-9-14-23)32-29(21-25)26-15-10-16-27(31(26)35-32)30-19-24(17-18-34-30)22-11-6-4-7-12-22/h4-21H,1-3H3. The zero-order valence-electron chi connectivity index (χ0n) is 20.2.